The van der Waals surface area contributed by atoms with Crippen molar-refractivity contribution in [2.45, 2.75) is 46.1 Å². The monoisotopic (exact) mass is 326 g/mol. The Labute approximate surface area is 124 Å². The zero-order chi connectivity index (χ0) is 13.8. The van der Waals surface area contributed by atoms with E-state index < -0.39 is 0 Å². The molecule has 1 aromatic heterocycles. The van der Waals surface area contributed by atoms with Gasteiger partial charge in [0.25, 0.3) is 5.91 Å². The Kier molecular flexibility index (Phi) is 5.08. The average molecular weight is 327 g/mol. The number of halogens is 1. The van der Waals surface area contributed by atoms with E-state index in [0.717, 1.165) is 42.1 Å². The Morgan fingerprint density at radius 2 is 2.21 bits per heavy atom. The van der Waals surface area contributed by atoms with E-state index in [1.165, 1.54) is 19.3 Å². The van der Waals surface area contributed by atoms with Crippen LogP contribution in [0.4, 0.5) is 0 Å². The van der Waals surface area contributed by atoms with Crippen molar-refractivity contribution in [3.8, 4) is 0 Å². The summed E-state index contributed by atoms with van der Waals surface area (Å²) in [4.78, 5) is 14.6. The minimum absolute atomic E-state index is 0.175. The molecule has 0 saturated heterocycles. The number of carbonyl (C=O) groups excluding carboxylic acids is 1. The van der Waals surface area contributed by atoms with E-state index in [4.69, 9.17) is 0 Å². The average Bonchev–Trinajstić information content (AvgIpc) is 2.69. The zero-order valence-electron chi connectivity index (χ0n) is 11.9. The van der Waals surface area contributed by atoms with Crippen LogP contribution in [-0.2, 0) is 6.54 Å². The highest BCUT2D eigenvalue weighted by molar-refractivity contribution is 9.10. The first-order valence-electron chi connectivity index (χ1n) is 7.30. The first kappa shape index (κ1) is 14.6. The quantitative estimate of drug-likeness (QED) is 0.777. The summed E-state index contributed by atoms with van der Waals surface area (Å²) in [6, 6.07) is 1.95. The van der Waals surface area contributed by atoms with Crippen LogP contribution in [0.2, 0.25) is 0 Å². The van der Waals surface area contributed by atoms with Crippen LogP contribution in [0.1, 0.15) is 50.0 Å². The lowest BCUT2D eigenvalue weighted by Gasteiger charge is -2.32. The van der Waals surface area contributed by atoms with Crippen molar-refractivity contribution in [2.75, 3.05) is 13.1 Å². The Bertz CT molecular complexity index is 437. The number of carbonyl (C=O) groups is 1. The molecule has 1 amide bonds. The number of hydrogen-bond donors (Lipinski definition) is 0. The summed E-state index contributed by atoms with van der Waals surface area (Å²) in [5.74, 6) is 0.899. The molecule has 1 aliphatic rings. The fourth-order valence-electron chi connectivity index (χ4n) is 2.58. The minimum atomic E-state index is 0.175. The van der Waals surface area contributed by atoms with E-state index in [0.29, 0.717) is 0 Å². The number of amides is 1. The molecule has 1 fully saturated rings. The molecule has 0 N–H and O–H groups in total. The Hall–Kier alpha value is -0.770. The van der Waals surface area contributed by atoms with Gasteiger partial charge in [-0.2, -0.15) is 0 Å². The molecule has 0 aromatic carbocycles. The fraction of sp³-hybridized carbons (Fsp3) is 0.667. The second kappa shape index (κ2) is 6.60. The van der Waals surface area contributed by atoms with Gasteiger partial charge in [-0.15, -0.1) is 0 Å². The number of aryl methyl sites for hydroxylation is 1. The molecule has 1 heterocycles. The van der Waals surface area contributed by atoms with Crippen LogP contribution < -0.4 is 0 Å². The smallest absolute Gasteiger partial charge is 0.270 e. The van der Waals surface area contributed by atoms with Gasteiger partial charge in [0.05, 0.1) is 0 Å². The van der Waals surface area contributed by atoms with Gasteiger partial charge in [0.2, 0.25) is 0 Å². The van der Waals surface area contributed by atoms with Gasteiger partial charge in [-0.1, -0.05) is 13.3 Å². The van der Waals surface area contributed by atoms with Gasteiger partial charge >= 0.3 is 0 Å². The summed E-state index contributed by atoms with van der Waals surface area (Å²) in [7, 11) is 0. The van der Waals surface area contributed by atoms with Crippen molar-refractivity contribution in [1.29, 1.82) is 0 Å². The zero-order valence-corrected chi connectivity index (χ0v) is 13.4. The summed E-state index contributed by atoms with van der Waals surface area (Å²) >= 11 is 3.48. The van der Waals surface area contributed by atoms with Crippen molar-refractivity contribution in [3.63, 3.8) is 0 Å². The molecular weight excluding hydrogens is 304 g/mol. The summed E-state index contributed by atoms with van der Waals surface area (Å²) < 4.78 is 3.06. The molecule has 0 unspecified atom stereocenters. The van der Waals surface area contributed by atoms with E-state index >= 15 is 0 Å². The van der Waals surface area contributed by atoms with Crippen molar-refractivity contribution < 1.29 is 4.79 Å². The lowest BCUT2D eigenvalue weighted by molar-refractivity contribution is 0.0695. The van der Waals surface area contributed by atoms with Crippen molar-refractivity contribution in [1.82, 2.24) is 9.47 Å². The minimum Gasteiger partial charge on any atom is -0.342 e. The fourth-order valence-corrected chi connectivity index (χ4v) is 3.05. The van der Waals surface area contributed by atoms with Crippen LogP contribution in [0.3, 0.4) is 0 Å². The molecule has 0 radical (unpaired) electrons. The predicted octanol–water partition coefficient (Wildman–Crippen LogP) is 3.92. The molecule has 0 spiro atoms. The number of aromatic nitrogens is 1. The molecule has 0 bridgehead atoms. The molecule has 1 aliphatic carbocycles. The van der Waals surface area contributed by atoms with Gasteiger partial charge < -0.3 is 9.47 Å². The largest absolute Gasteiger partial charge is 0.342 e. The third kappa shape index (κ3) is 3.41. The first-order chi connectivity index (χ1) is 9.15. The SMILES string of the molecule is CCCn1cc(Br)cc1C(=O)N(CC)CC1CCC1. The molecule has 2 rings (SSSR count). The van der Waals surface area contributed by atoms with E-state index in [9.17, 15) is 4.79 Å². The second-order valence-electron chi connectivity index (χ2n) is 5.38. The van der Waals surface area contributed by atoms with Gasteiger partial charge in [0.1, 0.15) is 5.69 Å². The maximum absolute atomic E-state index is 12.6. The Morgan fingerprint density at radius 1 is 1.47 bits per heavy atom. The number of rotatable bonds is 6. The maximum atomic E-state index is 12.6. The highest BCUT2D eigenvalue weighted by Crippen LogP contribution is 2.28. The molecule has 106 valence electrons. The Balaban J connectivity index is 2.11. The third-order valence-corrected chi connectivity index (χ3v) is 4.35. The van der Waals surface area contributed by atoms with Crippen LogP contribution >= 0.6 is 15.9 Å². The van der Waals surface area contributed by atoms with Crippen LogP contribution in [-0.4, -0.2) is 28.5 Å². The summed E-state index contributed by atoms with van der Waals surface area (Å²) in [5.41, 5.74) is 0.815. The van der Waals surface area contributed by atoms with E-state index in [2.05, 4.69) is 34.3 Å². The lowest BCUT2D eigenvalue weighted by Crippen LogP contribution is -2.38. The van der Waals surface area contributed by atoms with E-state index in [1.807, 2.05) is 17.2 Å². The third-order valence-electron chi connectivity index (χ3n) is 3.92. The van der Waals surface area contributed by atoms with Gasteiger partial charge in [-0.25, -0.2) is 0 Å². The van der Waals surface area contributed by atoms with Crippen LogP contribution in [0, 0.1) is 5.92 Å². The van der Waals surface area contributed by atoms with E-state index in [1.54, 1.807) is 0 Å². The van der Waals surface area contributed by atoms with Crippen LogP contribution in [0.15, 0.2) is 16.7 Å². The lowest BCUT2D eigenvalue weighted by atomic mass is 9.85. The predicted molar refractivity (Wildman–Crippen MR) is 81.3 cm³/mol. The molecule has 1 saturated carbocycles. The standard InChI is InChI=1S/C15H23BrN2O/c1-3-8-18-11-13(16)9-14(18)15(19)17(4-2)10-12-6-5-7-12/h9,11-12H,3-8,10H2,1-2H3. The normalized spacial score (nSPS) is 15.3. The molecule has 0 aliphatic heterocycles. The van der Waals surface area contributed by atoms with Crippen molar-refractivity contribution >= 4 is 21.8 Å². The molecule has 19 heavy (non-hydrogen) atoms. The van der Waals surface area contributed by atoms with Crippen LogP contribution in [0.25, 0.3) is 0 Å². The van der Waals surface area contributed by atoms with Gasteiger partial charge in [-0.05, 0) is 54.1 Å². The topological polar surface area (TPSA) is 25.2 Å². The van der Waals surface area contributed by atoms with Crippen molar-refractivity contribution in [2.24, 2.45) is 5.92 Å². The molecule has 3 nitrogen and oxygen atoms in total. The summed E-state index contributed by atoms with van der Waals surface area (Å²) in [6.07, 6.45) is 6.94. The van der Waals surface area contributed by atoms with E-state index in [-0.39, 0.29) is 5.91 Å². The number of nitrogens with zero attached hydrogens (tertiary/aromatic N) is 2. The highest BCUT2D eigenvalue weighted by atomic mass is 79.9. The van der Waals surface area contributed by atoms with Gasteiger partial charge in [0, 0.05) is 30.3 Å². The summed E-state index contributed by atoms with van der Waals surface area (Å²) in [6.45, 7) is 6.81. The second-order valence-corrected chi connectivity index (χ2v) is 6.29. The molecule has 0 atom stereocenters. The van der Waals surface area contributed by atoms with Crippen LogP contribution in [0.5, 0.6) is 0 Å². The first-order valence-corrected chi connectivity index (χ1v) is 8.10. The van der Waals surface area contributed by atoms with Gasteiger partial charge in [-0.3, -0.25) is 4.79 Å². The van der Waals surface area contributed by atoms with Crippen molar-refractivity contribution in [3.05, 3.63) is 22.4 Å². The summed E-state index contributed by atoms with van der Waals surface area (Å²) in [5, 5.41) is 0. The molecule has 4 heteroatoms. The highest BCUT2D eigenvalue weighted by Gasteiger charge is 2.25. The maximum Gasteiger partial charge on any atom is 0.270 e. The number of hydrogen-bond acceptors (Lipinski definition) is 1. The van der Waals surface area contributed by atoms with Gasteiger partial charge in [0.15, 0.2) is 0 Å². The molecule has 1 aromatic rings. The molecular formula is C15H23BrN2O. The Morgan fingerprint density at radius 3 is 2.74 bits per heavy atom.